The van der Waals surface area contributed by atoms with E-state index in [-0.39, 0.29) is 17.6 Å². The molecule has 0 saturated heterocycles. The molecule has 1 amide bonds. The second-order valence-corrected chi connectivity index (χ2v) is 5.94. The summed E-state index contributed by atoms with van der Waals surface area (Å²) in [6.07, 6.45) is -3.77. The minimum absolute atomic E-state index is 0.0292. The maximum Gasteiger partial charge on any atom is 0.416 e. The van der Waals surface area contributed by atoms with Gasteiger partial charge in [-0.1, -0.05) is 29.3 Å². The smallest absolute Gasteiger partial charge is 0.416 e. The van der Waals surface area contributed by atoms with E-state index in [0.29, 0.717) is 6.41 Å². The number of carbonyl (C=O) groups is 1. The first-order chi connectivity index (χ1) is 12.6. The van der Waals surface area contributed by atoms with Gasteiger partial charge in [-0.2, -0.15) is 18.4 Å². The van der Waals surface area contributed by atoms with Gasteiger partial charge in [-0.05, 0) is 32.0 Å². The molecule has 0 spiro atoms. The normalized spacial score (nSPS) is 12.6. The van der Waals surface area contributed by atoms with Crippen LogP contribution in [0.5, 0.6) is 5.88 Å². The van der Waals surface area contributed by atoms with Gasteiger partial charge in [0.2, 0.25) is 12.3 Å². The van der Waals surface area contributed by atoms with Crippen molar-refractivity contribution in [2.75, 3.05) is 6.61 Å². The van der Waals surface area contributed by atoms with Crippen molar-refractivity contribution in [1.29, 1.82) is 5.26 Å². The van der Waals surface area contributed by atoms with E-state index in [1.165, 1.54) is 31.2 Å². The standard InChI is InChI=1S/C9H9ClN4O2.C8H7F3/c1-9(4-11,12-6-15)5-16-8-3-2-7(10)13-14-8;1-6-2-4-7(5-3-6)8(9,10)11/h2-3,6H,5H2,1H3,(H,12,15);2-5H,1H3. The van der Waals surface area contributed by atoms with Crippen molar-refractivity contribution in [3.05, 3.63) is 52.7 Å². The van der Waals surface area contributed by atoms with E-state index >= 15 is 0 Å². The van der Waals surface area contributed by atoms with Crippen LogP contribution in [-0.2, 0) is 11.0 Å². The van der Waals surface area contributed by atoms with Crippen molar-refractivity contribution in [1.82, 2.24) is 15.5 Å². The average molecular weight is 401 g/mol. The summed E-state index contributed by atoms with van der Waals surface area (Å²) < 4.78 is 41.0. The molecule has 0 fully saturated rings. The highest BCUT2D eigenvalue weighted by Crippen LogP contribution is 2.28. The fourth-order valence-corrected chi connectivity index (χ4v) is 1.68. The number of carbonyl (C=O) groups excluding carboxylic acids is 1. The van der Waals surface area contributed by atoms with Crippen LogP contribution in [0.15, 0.2) is 36.4 Å². The van der Waals surface area contributed by atoms with Crippen molar-refractivity contribution in [2.24, 2.45) is 0 Å². The summed E-state index contributed by atoms with van der Waals surface area (Å²) in [7, 11) is 0. The Morgan fingerprint density at radius 1 is 1.22 bits per heavy atom. The van der Waals surface area contributed by atoms with Gasteiger partial charge < -0.3 is 10.1 Å². The second-order valence-electron chi connectivity index (χ2n) is 5.55. The number of ether oxygens (including phenoxy) is 1. The van der Waals surface area contributed by atoms with Crippen molar-refractivity contribution in [3.8, 4) is 11.9 Å². The summed E-state index contributed by atoms with van der Waals surface area (Å²) in [4.78, 5) is 10.3. The quantitative estimate of drug-likeness (QED) is 0.775. The van der Waals surface area contributed by atoms with Gasteiger partial charge in [-0.25, -0.2) is 0 Å². The molecule has 1 aromatic carbocycles. The van der Waals surface area contributed by atoms with Gasteiger partial charge in [0.1, 0.15) is 6.61 Å². The highest BCUT2D eigenvalue weighted by atomic mass is 35.5. The third-order valence-electron chi connectivity index (χ3n) is 3.12. The number of aromatic nitrogens is 2. The van der Waals surface area contributed by atoms with Crippen LogP contribution in [0.3, 0.4) is 0 Å². The number of nitrogens with zero attached hydrogens (tertiary/aromatic N) is 3. The predicted octanol–water partition coefficient (Wildman–Crippen LogP) is 3.55. The van der Waals surface area contributed by atoms with Crippen LogP contribution in [0.25, 0.3) is 0 Å². The van der Waals surface area contributed by atoms with Crippen LogP contribution in [-0.4, -0.2) is 28.8 Å². The molecular weight excluding hydrogens is 385 g/mol. The van der Waals surface area contributed by atoms with Crippen LogP contribution in [0.1, 0.15) is 18.1 Å². The molecule has 2 rings (SSSR count). The highest BCUT2D eigenvalue weighted by Gasteiger charge is 2.29. The first-order valence-corrected chi connectivity index (χ1v) is 7.86. The van der Waals surface area contributed by atoms with Gasteiger partial charge in [0.05, 0.1) is 11.6 Å². The molecule has 10 heteroatoms. The lowest BCUT2D eigenvalue weighted by molar-refractivity contribution is -0.137. The Morgan fingerprint density at radius 3 is 2.30 bits per heavy atom. The summed E-state index contributed by atoms with van der Waals surface area (Å²) in [6, 6.07) is 10.0. The van der Waals surface area contributed by atoms with E-state index in [2.05, 4.69) is 15.5 Å². The maximum absolute atomic E-state index is 11.9. The van der Waals surface area contributed by atoms with Crippen molar-refractivity contribution < 1.29 is 22.7 Å². The summed E-state index contributed by atoms with van der Waals surface area (Å²) in [5.41, 5.74) is -0.857. The Kier molecular flexibility index (Phi) is 7.99. The maximum atomic E-state index is 11.9. The number of benzene rings is 1. The Balaban J connectivity index is 0.000000289. The third-order valence-corrected chi connectivity index (χ3v) is 3.32. The van der Waals surface area contributed by atoms with Gasteiger partial charge in [-0.3, -0.25) is 4.79 Å². The van der Waals surface area contributed by atoms with E-state index in [1.807, 2.05) is 6.07 Å². The van der Waals surface area contributed by atoms with Crippen LogP contribution in [0, 0.1) is 18.3 Å². The van der Waals surface area contributed by atoms with Crippen LogP contribution < -0.4 is 10.1 Å². The number of rotatable bonds is 5. The molecule has 144 valence electrons. The molecule has 1 atom stereocenters. The molecule has 1 N–H and O–H groups in total. The number of aryl methyl sites for hydroxylation is 1. The zero-order valence-electron chi connectivity index (χ0n) is 14.4. The molecule has 0 bridgehead atoms. The lowest BCUT2D eigenvalue weighted by atomic mass is 10.1. The SMILES string of the molecule is CC(C#N)(COc1ccc(Cl)nn1)NC=O.Cc1ccc(C(F)(F)F)cc1. The average Bonchev–Trinajstić information content (AvgIpc) is 2.62. The lowest BCUT2D eigenvalue weighted by Crippen LogP contribution is -2.45. The summed E-state index contributed by atoms with van der Waals surface area (Å²) in [6.45, 7) is 3.25. The van der Waals surface area contributed by atoms with Crippen LogP contribution in [0.2, 0.25) is 5.15 Å². The summed E-state index contributed by atoms with van der Waals surface area (Å²) >= 11 is 5.54. The van der Waals surface area contributed by atoms with Crippen molar-refractivity contribution >= 4 is 18.0 Å². The zero-order chi connectivity index (χ0) is 20.5. The summed E-state index contributed by atoms with van der Waals surface area (Å²) in [5.74, 6) is 0.235. The zero-order valence-corrected chi connectivity index (χ0v) is 15.2. The molecule has 1 aromatic heterocycles. The molecule has 0 aliphatic rings. The van der Waals surface area contributed by atoms with Crippen molar-refractivity contribution in [2.45, 2.75) is 25.6 Å². The largest absolute Gasteiger partial charge is 0.473 e. The molecule has 1 unspecified atom stereocenters. The fourth-order valence-electron chi connectivity index (χ4n) is 1.58. The van der Waals surface area contributed by atoms with Gasteiger partial charge in [-0.15, -0.1) is 10.2 Å². The van der Waals surface area contributed by atoms with E-state index < -0.39 is 17.3 Å². The number of nitrogens with one attached hydrogen (secondary N) is 1. The predicted molar refractivity (Wildman–Crippen MR) is 91.9 cm³/mol. The monoisotopic (exact) mass is 400 g/mol. The van der Waals surface area contributed by atoms with Crippen molar-refractivity contribution in [3.63, 3.8) is 0 Å². The highest BCUT2D eigenvalue weighted by molar-refractivity contribution is 6.29. The molecule has 0 aliphatic heterocycles. The number of hydrogen-bond donors (Lipinski definition) is 1. The molecule has 6 nitrogen and oxygen atoms in total. The Hall–Kier alpha value is -2.86. The number of hydrogen-bond acceptors (Lipinski definition) is 5. The Labute approximate surface area is 158 Å². The third kappa shape index (κ3) is 7.92. The van der Waals surface area contributed by atoms with E-state index in [9.17, 15) is 18.0 Å². The molecule has 0 radical (unpaired) electrons. The van der Waals surface area contributed by atoms with E-state index in [1.54, 1.807) is 6.92 Å². The van der Waals surface area contributed by atoms with E-state index in [0.717, 1.165) is 17.7 Å². The topological polar surface area (TPSA) is 87.9 Å². The van der Waals surface area contributed by atoms with Gasteiger partial charge >= 0.3 is 6.18 Å². The minimum Gasteiger partial charge on any atom is -0.473 e. The first-order valence-electron chi connectivity index (χ1n) is 7.48. The van der Waals surface area contributed by atoms with Gasteiger partial charge in [0.15, 0.2) is 10.7 Å². The summed E-state index contributed by atoms with van der Waals surface area (Å²) in [5, 5.41) is 18.6. The Bertz CT molecular complexity index is 777. The van der Waals surface area contributed by atoms with Crippen LogP contribution >= 0.6 is 11.6 Å². The van der Waals surface area contributed by atoms with E-state index in [4.69, 9.17) is 21.6 Å². The number of amides is 1. The number of halogens is 4. The fraction of sp³-hybridized carbons (Fsp3) is 0.294. The van der Waals surface area contributed by atoms with Gasteiger partial charge in [0.25, 0.3) is 0 Å². The molecule has 27 heavy (non-hydrogen) atoms. The molecular formula is C17H16ClF3N4O2. The minimum atomic E-state index is -4.21. The lowest BCUT2D eigenvalue weighted by Gasteiger charge is -2.19. The van der Waals surface area contributed by atoms with Gasteiger partial charge in [0, 0.05) is 6.07 Å². The number of nitriles is 1. The molecule has 0 saturated carbocycles. The molecule has 2 aromatic rings. The second kappa shape index (κ2) is 9.73. The molecule has 0 aliphatic carbocycles. The number of alkyl halides is 3. The first kappa shape index (κ1) is 22.2. The van der Waals surface area contributed by atoms with Crippen LogP contribution in [0.4, 0.5) is 13.2 Å². The molecule has 1 heterocycles. The Morgan fingerprint density at radius 2 is 1.85 bits per heavy atom.